The van der Waals surface area contributed by atoms with Crippen LogP contribution in [-0.2, 0) is 0 Å². The van der Waals surface area contributed by atoms with Crippen LogP contribution in [0, 0.1) is 0 Å². The summed E-state index contributed by atoms with van der Waals surface area (Å²) in [4.78, 5) is 8.12. The van der Waals surface area contributed by atoms with E-state index in [2.05, 4.69) is 16.5 Å². The normalized spacial score (nSPS) is 9.42. The molecule has 1 aromatic rings. The molecule has 1 aromatic heterocycles. The minimum Gasteiger partial charge on any atom is -0.473 e. The highest BCUT2D eigenvalue weighted by Crippen LogP contribution is 2.11. The average molecular weight is 182 g/mol. The van der Waals surface area contributed by atoms with Crippen molar-refractivity contribution in [1.29, 1.82) is 0 Å². The molecule has 0 aliphatic rings. The Morgan fingerprint density at radius 1 is 1.75 bits per heavy atom. The minimum atomic E-state index is 0.477. The smallest absolute Gasteiger partial charge is 0.217 e. The van der Waals surface area contributed by atoms with Gasteiger partial charge < -0.3 is 4.74 Å². The monoisotopic (exact) mass is 182 g/mol. The van der Waals surface area contributed by atoms with Crippen LogP contribution in [0.1, 0.15) is 0 Å². The van der Waals surface area contributed by atoms with Crippen LogP contribution < -0.4 is 4.74 Å². The van der Waals surface area contributed by atoms with Gasteiger partial charge >= 0.3 is 0 Å². The summed E-state index contributed by atoms with van der Waals surface area (Å²) in [5.74, 6) is 0.592. The van der Waals surface area contributed by atoms with Crippen molar-refractivity contribution in [1.82, 2.24) is 9.97 Å². The second kappa shape index (κ2) is 4.77. The maximum Gasteiger partial charge on any atom is 0.217 e. The molecule has 0 amide bonds. The van der Waals surface area contributed by atoms with E-state index in [4.69, 9.17) is 4.74 Å². The standard InChI is InChI=1S/C8H10N2OS/c1-3-6-11-7-4-5-9-8(10-7)12-2/h3-5H,1,6H2,2H3. The fourth-order valence-corrected chi connectivity index (χ4v) is 0.996. The molecule has 0 fully saturated rings. The number of nitrogens with zero attached hydrogens (tertiary/aromatic N) is 2. The van der Waals surface area contributed by atoms with Crippen molar-refractivity contribution in [2.45, 2.75) is 5.16 Å². The van der Waals surface area contributed by atoms with Gasteiger partial charge in [-0.05, 0) is 6.26 Å². The van der Waals surface area contributed by atoms with E-state index >= 15 is 0 Å². The first-order valence-electron chi connectivity index (χ1n) is 3.47. The van der Waals surface area contributed by atoms with Crippen LogP contribution in [0.4, 0.5) is 0 Å². The summed E-state index contributed by atoms with van der Waals surface area (Å²) < 4.78 is 5.22. The van der Waals surface area contributed by atoms with Gasteiger partial charge in [-0.25, -0.2) is 4.98 Å². The molecule has 64 valence electrons. The molecular weight excluding hydrogens is 172 g/mol. The Kier molecular flexibility index (Phi) is 3.60. The molecule has 0 N–H and O–H groups in total. The van der Waals surface area contributed by atoms with Crippen molar-refractivity contribution in [3.63, 3.8) is 0 Å². The van der Waals surface area contributed by atoms with Gasteiger partial charge in [0, 0.05) is 12.3 Å². The number of hydrogen-bond acceptors (Lipinski definition) is 4. The maximum absolute atomic E-state index is 5.22. The third-order valence-electron chi connectivity index (χ3n) is 1.14. The Morgan fingerprint density at radius 3 is 3.25 bits per heavy atom. The fraction of sp³-hybridized carbons (Fsp3) is 0.250. The summed E-state index contributed by atoms with van der Waals surface area (Å²) in [6.45, 7) is 4.02. The zero-order valence-electron chi connectivity index (χ0n) is 6.86. The van der Waals surface area contributed by atoms with Crippen molar-refractivity contribution in [2.75, 3.05) is 12.9 Å². The molecule has 0 aliphatic carbocycles. The maximum atomic E-state index is 5.22. The summed E-state index contributed by atoms with van der Waals surface area (Å²) in [5.41, 5.74) is 0. The predicted octanol–water partition coefficient (Wildman–Crippen LogP) is 1.76. The van der Waals surface area contributed by atoms with E-state index in [0.717, 1.165) is 5.16 Å². The van der Waals surface area contributed by atoms with Crippen LogP contribution >= 0.6 is 11.8 Å². The molecule has 0 bridgehead atoms. The molecule has 0 unspecified atom stereocenters. The van der Waals surface area contributed by atoms with Crippen LogP contribution in [0.5, 0.6) is 5.88 Å². The first kappa shape index (κ1) is 9.06. The van der Waals surface area contributed by atoms with Crippen LogP contribution in [0.25, 0.3) is 0 Å². The molecule has 0 spiro atoms. The lowest BCUT2D eigenvalue weighted by Crippen LogP contribution is -1.96. The zero-order valence-corrected chi connectivity index (χ0v) is 7.67. The Hall–Kier alpha value is -1.03. The third-order valence-corrected chi connectivity index (χ3v) is 1.70. The first-order chi connectivity index (χ1) is 5.86. The van der Waals surface area contributed by atoms with Gasteiger partial charge in [0.15, 0.2) is 5.16 Å². The molecule has 1 heterocycles. The van der Waals surface area contributed by atoms with Gasteiger partial charge in [0.1, 0.15) is 6.61 Å². The van der Waals surface area contributed by atoms with Gasteiger partial charge in [-0.1, -0.05) is 24.4 Å². The SMILES string of the molecule is C=CCOc1ccnc(SC)n1. The topological polar surface area (TPSA) is 35.0 Å². The van der Waals surface area contributed by atoms with Crippen LogP contribution in [0.2, 0.25) is 0 Å². The lowest BCUT2D eigenvalue weighted by Gasteiger charge is -2.01. The van der Waals surface area contributed by atoms with E-state index in [9.17, 15) is 0 Å². The molecule has 0 radical (unpaired) electrons. The van der Waals surface area contributed by atoms with E-state index in [1.807, 2.05) is 6.26 Å². The van der Waals surface area contributed by atoms with E-state index < -0.39 is 0 Å². The summed E-state index contributed by atoms with van der Waals surface area (Å²) in [6.07, 6.45) is 5.28. The average Bonchev–Trinajstić information content (AvgIpc) is 2.15. The molecule has 0 saturated carbocycles. The Bertz CT molecular complexity index is 265. The van der Waals surface area contributed by atoms with Gasteiger partial charge in [0.05, 0.1) is 0 Å². The van der Waals surface area contributed by atoms with Crippen LogP contribution in [0.15, 0.2) is 30.1 Å². The highest BCUT2D eigenvalue weighted by molar-refractivity contribution is 7.98. The molecule has 1 rings (SSSR count). The fourth-order valence-electron chi connectivity index (χ4n) is 0.648. The minimum absolute atomic E-state index is 0.477. The number of hydrogen-bond donors (Lipinski definition) is 0. The summed E-state index contributed by atoms with van der Waals surface area (Å²) in [5, 5.41) is 0.719. The largest absolute Gasteiger partial charge is 0.473 e. The van der Waals surface area contributed by atoms with Gasteiger partial charge in [-0.3, -0.25) is 0 Å². The van der Waals surface area contributed by atoms with Crippen molar-refractivity contribution in [2.24, 2.45) is 0 Å². The molecule has 0 aliphatic heterocycles. The highest BCUT2D eigenvalue weighted by atomic mass is 32.2. The summed E-state index contributed by atoms with van der Waals surface area (Å²) in [6, 6.07) is 1.73. The van der Waals surface area contributed by atoms with Crippen molar-refractivity contribution < 1.29 is 4.74 Å². The Morgan fingerprint density at radius 2 is 2.58 bits per heavy atom. The van der Waals surface area contributed by atoms with Crippen molar-refractivity contribution in [3.05, 3.63) is 24.9 Å². The summed E-state index contributed by atoms with van der Waals surface area (Å²) >= 11 is 1.49. The lowest BCUT2D eigenvalue weighted by atomic mass is 10.6. The quantitative estimate of drug-likeness (QED) is 0.404. The van der Waals surface area contributed by atoms with Crippen molar-refractivity contribution in [3.8, 4) is 5.88 Å². The number of ether oxygens (including phenoxy) is 1. The van der Waals surface area contributed by atoms with E-state index in [1.165, 1.54) is 11.8 Å². The van der Waals surface area contributed by atoms with Gasteiger partial charge in [0.25, 0.3) is 0 Å². The molecule has 4 heteroatoms. The van der Waals surface area contributed by atoms with Crippen molar-refractivity contribution >= 4 is 11.8 Å². The molecule has 0 saturated heterocycles. The predicted molar refractivity (Wildman–Crippen MR) is 49.5 cm³/mol. The summed E-state index contributed by atoms with van der Waals surface area (Å²) in [7, 11) is 0. The lowest BCUT2D eigenvalue weighted by molar-refractivity contribution is 0.344. The van der Waals surface area contributed by atoms with Crippen LogP contribution in [-0.4, -0.2) is 22.8 Å². The number of aromatic nitrogens is 2. The van der Waals surface area contributed by atoms with E-state index in [1.54, 1.807) is 18.3 Å². The second-order valence-corrected chi connectivity index (χ2v) is 2.75. The molecule has 12 heavy (non-hydrogen) atoms. The van der Waals surface area contributed by atoms with Gasteiger partial charge in [0.2, 0.25) is 5.88 Å². The Balaban J connectivity index is 2.65. The molecule has 3 nitrogen and oxygen atoms in total. The zero-order chi connectivity index (χ0) is 8.81. The van der Waals surface area contributed by atoms with E-state index in [-0.39, 0.29) is 0 Å². The van der Waals surface area contributed by atoms with Crippen LogP contribution in [0.3, 0.4) is 0 Å². The third kappa shape index (κ3) is 2.54. The molecular formula is C8H10N2OS. The first-order valence-corrected chi connectivity index (χ1v) is 4.70. The Labute approximate surface area is 75.9 Å². The van der Waals surface area contributed by atoms with Gasteiger partial charge in [-0.15, -0.1) is 0 Å². The number of thioether (sulfide) groups is 1. The van der Waals surface area contributed by atoms with E-state index in [0.29, 0.717) is 12.5 Å². The van der Waals surface area contributed by atoms with Gasteiger partial charge in [-0.2, -0.15) is 4.98 Å². The number of rotatable bonds is 4. The molecule has 0 atom stereocenters. The highest BCUT2D eigenvalue weighted by Gasteiger charge is 1.96. The molecule has 0 aromatic carbocycles. The second-order valence-electron chi connectivity index (χ2n) is 1.98.